The van der Waals surface area contributed by atoms with Gasteiger partial charge in [0, 0.05) is 18.6 Å². The summed E-state index contributed by atoms with van der Waals surface area (Å²) < 4.78 is 0. The summed E-state index contributed by atoms with van der Waals surface area (Å²) in [6.07, 6.45) is 5.92. The van der Waals surface area contributed by atoms with Crippen LogP contribution in [0.4, 0.5) is 0 Å². The molecule has 2 unspecified atom stereocenters. The first-order valence-corrected chi connectivity index (χ1v) is 7.45. The number of amides is 1. The van der Waals surface area contributed by atoms with Gasteiger partial charge in [0.05, 0.1) is 6.04 Å². The zero-order valence-electron chi connectivity index (χ0n) is 12.3. The van der Waals surface area contributed by atoms with Crippen LogP contribution in [0.1, 0.15) is 59.8 Å². The maximum Gasteiger partial charge on any atom is 0.240 e. The van der Waals surface area contributed by atoms with Gasteiger partial charge < -0.3 is 10.2 Å². The molecular weight excluding hydrogens is 224 g/mol. The van der Waals surface area contributed by atoms with Crippen molar-refractivity contribution in [2.45, 2.75) is 77.9 Å². The lowest BCUT2D eigenvalue weighted by atomic mass is 9.75. The van der Waals surface area contributed by atoms with Crippen LogP contribution in [-0.2, 0) is 4.79 Å². The van der Waals surface area contributed by atoms with Crippen LogP contribution in [0.2, 0.25) is 0 Å². The van der Waals surface area contributed by atoms with Crippen molar-refractivity contribution in [2.24, 2.45) is 5.41 Å². The number of likely N-dealkylation sites (tertiary alicyclic amines) is 1. The third-order valence-corrected chi connectivity index (χ3v) is 4.39. The number of hydrogen-bond donors (Lipinski definition) is 1. The predicted octanol–water partition coefficient (Wildman–Crippen LogP) is 2.55. The average molecular weight is 252 g/mol. The van der Waals surface area contributed by atoms with Gasteiger partial charge in [-0.05, 0) is 31.1 Å². The molecule has 1 heterocycles. The lowest BCUT2D eigenvalue weighted by Gasteiger charge is -2.39. The summed E-state index contributed by atoms with van der Waals surface area (Å²) in [6, 6.07) is 0.942. The highest BCUT2D eigenvalue weighted by molar-refractivity contribution is 5.84. The van der Waals surface area contributed by atoms with E-state index in [2.05, 4.69) is 37.9 Å². The van der Waals surface area contributed by atoms with Crippen LogP contribution in [-0.4, -0.2) is 35.5 Å². The van der Waals surface area contributed by atoms with Gasteiger partial charge in [-0.1, -0.05) is 34.1 Å². The van der Waals surface area contributed by atoms with Gasteiger partial charge in [-0.3, -0.25) is 4.79 Å². The van der Waals surface area contributed by atoms with Gasteiger partial charge in [-0.15, -0.1) is 0 Å². The summed E-state index contributed by atoms with van der Waals surface area (Å²) in [6.45, 7) is 9.84. The van der Waals surface area contributed by atoms with E-state index < -0.39 is 0 Å². The molecule has 0 spiro atoms. The third kappa shape index (κ3) is 3.05. The topological polar surface area (TPSA) is 32.3 Å². The highest BCUT2D eigenvalue weighted by Crippen LogP contribution is 2.38. The number of carbonyl (C=O) groups excluding carboxylic acids is 1. The van der Waals surface area contributed by atoms with Crippen molar-refractivity contribution in [3.8, 4) is 0 Å². The Morgan fingerprint density at radius 1 is 1.33 bits per heavy atom. The third-order valence-electron chi connectivity index (χ3n) is 4.39. The summed E-state index contributed by atoms with van der Waals surface area (Å²) in [5.41, 5.74) is 0.409. The summed E-state index contributed by atoms with van der Waals surface area (Å²) in [5.74, 6) is 0.339. The molecule has 0 radical (unpaired) electrons. The Kier molecular flexibility index (Phi) is 4.00. The minimum atomic E-state index is 0.0649. The molecule has 0 aromatic rings. The molecule has 1 saturated heterocycles. The Hall–Kier alpha value is -0.570. The molecule has 0 bridgehead atoms. The molecule has 3 nitrogen and oxygen atoms in total. The minimum absolute atomic E-state index is 0.0649. The van der Waals surface area contributed by atoms with Gasteiger partial charge in [0.25, 0.3) is 0 Å². The zero-order valence-corrected chi connectivity index (χ0v) is 12.3. The number of hydrogen-bond acceptors (Lipinski definition) is 2. The molecule has 2 aliphatic rings. The fraction of sp³-hybridized carbons (Fsp3) is 0.933. The Morgan fingerprint density at radius 2 is 2.06 bits per heavy atom. The maximum atomic E-state index is 12.4. The molecule has 104 valence electrons. The van der Waals surface area contributed by atoms with Gasteiger partial charge in [0.1, 0.15) is 0 Å². The van der Waals surface area contributed by atoms with Crippen molar-refractivity contribution in [1.29, 1.82) is 0 Å². The van der Waals surface area contributed by atoms with E-state index in [1.54, 1.807) is 0 Å². The second-order valence-electron chi connectivity index (χ2n) is 7.11. The van der Waals surface area contributed by atoms with Crippen LogP contribution in [0.15, 0.2) is 0 Å². The molecule has 1 amide bonds. The summed E-state index contributed by atoms with van der Waals surface area (Å²) >= 11 is 0. The van der Waals surface area contributed by atoms with Crippen molar-refractivity contribution in [3.63, 3.8) is 0 Å². The monoisotopic (exact) mass is 252 g/mol. The van der Waals surface area contributed by atoms with Gasteiger partial charge in [-0.25, -0.2) is 0 Å². The van der Waals surface area contributed by atoms with Crippen LogP contribution in [0.3, 0.4) is 0 Å². The van der Waals surface area contributed by atoms with Crippen molar-refractivity contribution < 1.29 is 4.79 Å². The van der Waals surface area contributed by atoms with Gasteiger partial charge in [-0.2, -0.15) is 0 Å². The summed E-state index contributed by atoms with van der Waals surface area (Å²) in [5, 5.41) is 3.39. The SMILES string of the molecule is CC(C)NC1CCN(C2CCCC(C)(C)C2)C1=O. The smallest absolute Gasteiger partial charge is 0.240 e. The van der Waals surface area contributed by atoms with E-state index in [0.29, 0.717) is 23.4 Å². The van der Waals surface area contributed by atoms with Gasteiger partial charge in [0.2, 0.25) is 5.91 Å². The van der Waals surface area contributed by atoms with Gasteiger partial charge >= 0.3 is 0 Å². The lowest BCUT2D eigenvalue weighted by molar-refractivity contribution is -0.132. The van der Waals surface area contributed by atoms with Crippen LogP contribution < -0.4 is 5.32 Å². The summed E-state index contributed by atoms with van der Waals surface area (Å²) in [7, 11) is 0. The Morgan fingerprint density at radius 3 is 2.67 bits per heavy atom. The van der Waals surface area contributed by atoms with Crippen molar-refractivity contribution in [3.05, 3.63) is 0 Å². The molecule has 1 aliphatic heterocycles. The Labute approximate surface area is 111 Å². The van der Waals surface area contributed by atoms with E-state index in [0.717, 1.165) is 13.0 Å². The molecule has 1 N–H and O–H groups in total. The lowest BCUT2D eigenvalue weighted by Crippen LogP contribution is -2.46. The first-order valence-electron chi connectivity index (χ1n) is 7.45. The second-order valence-corrected chi connectivity index (χ2v) is 7.11. The van der Waals surface area contributed by atoms with E-state index in [4.69, 9.17) is 0 Å². The molecule has 2 rings (SSSR count). The molecule has 18 heavy (non-hydrogen) atoms. The fourth-order valence-corrected chi connectivity index (χ4v) is 3.55. The molecule has 2 fully saturated rings. The summed E-state index contributed by atoms with van der Waals surface area (Å²) in [4.78, 5) is 14.6. The Bertz CT molecular complexity index is 312. The van der Waals surface area contributed by atoms with Gasteiger partial charge in [0.15, 0.2) is 0 Å². The number of nitrogens with zero attached hydrogens (tertiary/aromatic N) is 1. The van der Waals surface area contributed by atoms with E-state index in [9.17, 15) is 4.79 Å². The largest absolute Gasteiger partial charge is 0.338 e. The van der Waals surface area contributed by atoms with E-state index in [-0.39, 0.29) is 6.04 Å². The predicted molar refractivity (Wildman–Crippen MR) is 74.4 cm³/mol. The average Bonchev–Trinajstić information content (AvgIpc) is 2.58. The molecule has 2 atom stereocenters. The highest BCUT2D eigenvalue weighted by atomic mass is 16.2. The van der Waals surface area contributed by atoms with E-state index in [1.165, 1.54) is 25.7 Å². The molecule has 0 aromatic heterocycles. The first kappa shape index (κ1) is 13.9. The van der Waals surface area contributed by atoms with Crippen LogP contribution in [0, 0.1) is 5.41 Å². The highest BCUT2D eigenvalue weighted by Gasteiger charge is 2.39. The molecule has 1 saturated carbocycles. The molecule has 0 aromatic carbocycles. The number of rotatable bonds is 3. The zero-order chi connectivity index (χ0) is 13.3. The normalized spacial score (nSPS) is 32.3. The minimum Gasteiger partial charge on any atom is -0.338 e. The van der Waals surface area contributed by atoms with Crippen molar-refractivity contribution in [2.75, 3.05) is 6.54 Å². The number of nitrogens with one attached hydrogen (secondary N) is 1. The van der Waals surface area contributed by atoms with Crippen molar-refractivity contribution in [1.82, 2.24) is 10.2 Å². The Balaban J connectivity index is 1.96. The first-order chi connectivity index (χ1) is 8.39. The quantitative estimate of drug-likeness (QED) is 0.837. The van der Waals surface area contributed by atoms with E-state index >= 15 is 0 Å². The van der Waals surface area contributed by atoms with Crippen LogP contribution in [0.5, 0.6) is 0 Å². The standard InChI is InChI=1S/C15H28N2O/c1-11(2)16-13-7-9-17(14(13)18)12-6-5-8-15(3,4)10-12/h11-13,16H,5-10H2,1-4H3. The number of carbonyl (C=O) groups is 1. The van der Waals surface area contributed by atoms with Crippen molar-refractivity contribution >= 4 is 5.91 Å². The van der Waals surface area contributed by atoms with E-state index in [1.807, 2.05) is 0 Å². The second kappa shape index (κ2) is 5.20. The molecule has 1 aliphatic carbocycles. The van der Waals surface area contributed by atoms with Crippen LogP contribution in [0.25, 0.3) is 0 Å². The maximum absolute atomic E-state index is 12.4. The molecule has 3 heteroatoms. The fourth-order valence-electron chi connectivity index (χ4n) is 3.55. The van der Waals surface area contributed by atoms with Crippen LogP contribution >= 0.6 is 0 Å². The molecular formula is C15H28N2O.